The molecule has 1 heterocycles. The van der Waals surface area contributed by atoms with Crippen molar-refractivity contribution in [2.75, 3.05) is 6.54 Å². The van der Waals surface area contributed by atoms with E-state index in [1.807, 2.05) is 0 Å². The maximum absolute atomic E-state index is 13.4. The Hall–Kier alpha value is -4.17. The molecule has 0 radical (unpaired) electrons. The van der Waals surface area contributed by atoms with E-state index in [0.29, 0.717) is 28.6 Å². The largest absolute Gasteiger partial charge is 0.416 e. The van der Waals surface area contributed by atoms with Crippen molar-refractivity contribution < 1.29 is 39.7 Å². The van der Waals surface area contributed by atoms with E-state index in [4.69, 9.17) is 0 Å². The highest BCUT2D eigenvalue weighted by atomic mass is 32.2. The van der Waals surface area contributed by atoms with Crippen molar-refractivity contribution in [2.45, 2.75) is 23.7 Å². The second kappa shape index (κ2) is 10.4. The van der Waals surface area contributed by atoms with Crippen LogP contribution in [0, 0.1) is 10.1 Å². The monoisotopic (exact) mass is 583 g/mol. The number of nitro groups is 1. The number of fused-ring (bicyclic) bond motifs is 1. The zero-order chi connectivity index (χ0) is 29.5. The number of non-ortho nitro benzene ring substituents is 1. The van der Waals surface area contributed by atoms with Gasteiger partial charge in [0, 0.05) is 35.3 Å². The molecule has 40 heavy (non-hydrogen) atoms. The van der Waals surface area contributed by atoms with Crippen molar-refractivity contribution >= 4 is 32.2 Å². The fourth-order valence-electron chi connectivity index (χ4n) is 4.13. The van der Waals surface area contributed by atoms with Crippen molar-refractivity contribution in [1.82, 2.24) is 9.71 Å². The standard InChI is InChI=1S/C26H19F6N3O4S/c1-15(16-12-17(25(27,28)29)14-18(13-16)26(30,31)32)24-22(21-4-2-3-5-23(21)34-24)10-11-33-40(38,39)20-8-6-19(7-9-20)35(36)37/h2-9,12-14,33-34H,1,10-11H2. The average molecular weight is 584 g/mol. The third-order valence-electron chi connectivity index (χ3n) is 6.08. The highest BCUT2D eigenvalue weighted by Gasteiger charge is 2.37. The molecular weight excluding hydrogens is 564 g/mol. The summed E-state index contributed by atoms with van der Waals surface area (Å²) in [5.41, 5.74) is -2.79. The molecule has 2 N–H and O–H groups in total. The molecule has 0 spiro atoms. The summed E-state index contributed by atoms with van der Waals surface area (Å²) in [4.78, 5) is 12.9. The van der Waals surface area contributed by atoms with Crippen LogP contribution in [0.1, 0.15) is 27.9 Å². The first kappa shape index (κ1) is 28.8. The average Bonchev–Trinajstić information content (AvgIpc) is 3.25. The van der Waals surface area contributed by atoms with Gasteiger partial charge in [0.25, 0.3) is 5.69 Å². The summed E-state index contributed by atoms with van der Waals surface area (Å²) >= 11 is 0. The van der Waals surface area contributed by atoms with E-state index < -0.39 is 44.0 Å². The van der Waals surface area contributed by atoms with Gasteiger partial charge in [0.2, 0.25) is 10.0 Å². The normalized spacial score (nSPS) is 12.6. The number of nitro benzene ring substituents is 1. The number of nitrogens with zero attached hydrogens (tertiary/aromatic N) is 1. The number of aromatic nitrogens is 1. The van der Waals surface area contributed by atoms with E-state index in [0.717, 1.165) is 24.3 Å². The third kappa shape index (κ3) is 6.02. The van der Waals surface area contributed by atoms with Crippen molar-refractivity contribution in [3.8, 4) is 0 Å². The highest BCUT2D eigenvalue weighted by molar-refractivity contribution is 7.89. The van der Waals surface area contributed by atoms with Crippen LogP contribution in [0.15, 0.2) is 78.2 Å². The number of hydrogen-bond donors (Lipinski definition) is 2. The number of halogens is 6. The van der Waals surface area contributed by atoms with Gasteiger partial charge < -0.3 is 4.98 Å². The zero-order valence-corrected chi connectivity index (χ0v) is 21.0. The Balaban J connectivity index is 1.68. The lowest BCUT2D eigenvalue weighted by atomic mass is 9.95. The molecule has 7 nitrogen and oxygen atoms in total. The number of nitrogens with one attached hydrogen (secondary N) is 2. The first-order valence-corrected chi connectivity index (χ1v) is 12.9. The molecule has 3 aromatic carbocycles. The summed E-state index contributed by atoms with van der Waals surface area (Å²) in [5.74, 6) is 0. The molecule has 4 rings (SSSR count). The van der Waals surface area contributed by atoms with Crippen LogP contribution in [0.3, 0.4) is 0 Å². The Bertz CT molecular complexity index is 1680. The maximum atomic E-state index is 13.4. The third-order valence-corrected chi connectivity index (χ3v) is 7.55. The predicted octanol–water partition coefficient (Wildman–Crippen LogP) is 6.70. The highest BCUT2D eigenvalue weighted by Crippen LogP contribution is 2.39. The molecule has 0 aliphatic heterocycles. The number of H-pyrrole nitrogens is 1. The summed E-state index contributed by atoms with van der Waals surface area (Å²) in [5, 5.41) is 11.4. The van der Waals surface area contributed by atoms with Crippen LogP contribution in [-0.4, -0.2) is 24.9 Å². The molecule has 210 valence electrons. The summed E-state index contributed by atoms with van der Waals surface area (Å²) in [6.45, 7) is 3.55. The molecule has 0 unspecified atom stereocenters. The van der Waals surface area contributed by atoms with Crippen molar-refractivity contribution in [3.63, 3.8) is 0 Å². The van der Waals surface area contributed by atoms with Crippen LogP contribution in [-0.2, 0) is 28.8 Å². The first-order valence-electron chi connectivity index (χ1n) is 11.4. The van der Waals surface area contributed by atoms with Crippen LogP contribution in [0.2, 0.25) is 0 Å². The van der Waals surface area contributed by atoms with Crippen molar-refractivity contribution in [2.24, 2.45) is 0 Å². The van der Waals surface area contributed by atoms with Gasteiger partial charge in [-0.1, -0.05) is 24.8 Å². The second-order valence-corrected chi connectivity index (χ2v) is 10.5. The van der Waals surface area contributed by atoms with Crippen LogP contribution in [0.25, 0.3) is 16.5 Å². The van der Waals surface area contributed by atoms with Gasteiger partial charge in [0.1, 0.15) is 0 Å². The van der Waals surface area contributed by atoms with Crippen LogP contribution < -0.4 is 4.72 Å². The Morgan fingerprint density at radius 2 is 1.50 bits per heavy atom. The fourth-order valence-corrected chi connectivity index (χ4v) is 5.16. The molecule has 0 aliphatic rings. The second-order valence-electron chi connectivity index (χ2n) is 8.70. The number of sulfonamides is 1. The molecule has 4 aromatic rings. The van der Waals surface area contributed by atoms with Crippen molar-refractivity contribution in [3.05, 3.63) is 111 Å². The summed E-state index contributed by atoms with van der Waals surface area (Å²) in [7, 11) is -4.09. The lowest BCUT2D eigenvalue weighted by molar-refractivity contribution is -0.384. The molecule has 14 heteroatoms. The molecule has 0 saturated heterocycles. The molecule has 0 bridgehead atoms. The summed E-state index contributed by atoms with van der Waals surface area (Å²) in [6, 6.07) is 12.0. The first-order chi connectivity index (χ1) is 18.6. The molecular formula is C26H19F6N3O4S. The van der Waals surface area contributed by atoms with Gasteiger partial charge in [-0.3, -0.25) is 10.1 Å². The SMILES string of the molecule is C=C(c1cc(C(F)(F)F)cc(C(F)(F)F)c1)c1[nH]c2ccccc2c1CCNS(=O)(=O)c1ccc([N+](=O)[O-])cc1. The van der Waals surface area contributed by atoms with Crippen LogP contribution in [0.4, 0.5) is 32.0 Å². The summed E-state index contributed by atoms with van der Waals surface area (Å²) < 4.78 is 108. The minimum atomic E-state index is -5.05. The van der Waals surface area contributed by atoms with Gasteiger partial charge in [-0.25, -0.2) is 13.1 Å². The number of aromatic amines is 1. The molecule has 0 atom stereocenters. The van der Waals surface area contributed by atoms with E-state index in [9.17, 15) is 44.9 Å². The van der Waals surface area contributed by atoms with Gasteiger partial charge >= 0.3 is 12.4 Å². The van der Waals surface area contributed by atoms with Crippen molar-refractivity contribution in [1.29, 1.82) is 0 Å². The number of para-hydroxylation sites is 1. The Kier molecular flexibility index (Phi) is 7.51. The zero-order valence-electron chi connectivity index (χ0n) is 20.2. The molecule has 0 amide bonds. The van der Waals surface area contributed by atoms with E-state index in [-0.39, 0.29) is 40.9 Å². The van der Waals surface area contributed by atoms with E-state index in [2.05, 4.69) is 16.3 Å². The Labute approximate surface area is 223 Å². The molecule has 1 aromatic heterocycles. The lowest BCUT2D eigenvalue weighted by Crippen LogP contribution is -2.26. The predicted molar refractivity (Wildman–Crippen MR) is 135 cm³/mol. The van der Waals surface area contributed by atoms with Crippen LogP contribution >= 0.6 is 0 Å². The van der Waals surface area contributed by atoms with Gasteiger partial charge in [-0.2, -0.15) is 26.3 Å². The molecule has 0 aliphatic carbocycles. The number of alkyl halides is 6. The number of hydrogen-bond acceptors (Lipinski definition) is 4. The Morgan fingerprint density at radius 3 is 2.05 bits per heavy atom. The quantitative estimate of drug-likeness (QED) is 0.137. The lowest BCUT2D eigenvalue weighted by Gasteiger charge is -2.16. The van der Waals surface area contributed by atoms with E-state index in [1.165, 1.54) is 0 Å². The van der Waals surface area contributed by atoms with Gasteiger partial charge in [-0.15, -0.1) is 0 Å². The smallest absolute Gasteiger partial charge is 0.354 e. The molecule has 0 saturated carbocycles. The summed E-state index contributed by atoms with van der Waals surface area (Å²) in [6.07, 6.45) is -10.1. The number of benzene rings is 3. The molecule has 0 fully saturated rings. The van der Waals surface area contributed by atoms with Gasteiger partial charge in [-0.05, 0) is 59.5 Å². The fraction of sp³-hybridized carbons (Fsp3) is 0.154. The van der Waals surface area contributed by atoms with E-state index >= 15 is 0 Å². The Morgan fingerprint density at radius 1 is 0.925 bits per heavy atom. The minimum Gasteiger partial charge on any atom is -0.354 e. The topological polar surface area (TPSA) is 105 Å². The minimum absolute atomic E-state index is 0.0182. The van der Waals surface area contributed by atoms with E-state index in [1.54, 1.807) is 24.3 Å². The maximum Gasteiger partial charge on any atom is 0.416 e. The van der Waals surface area contributed by atoms with Crippen LogP contribution in [0.5, 0.6) is 0 Å². The van der Waals surface area contributed by atoms with Gasteiger partial charge in [0.15, 0.2) is 0 Å². The van der Waals surface area contributed by atoms with Gasteiger partial charge in [0.05, 0.1) is 20.9 Å². The number of rotatable bonds is 8.